The first-order valence-corrected chi connectivity index (χ1v) is 10.00. The number of carbonyl (C=O) groups excluding carboxylic acids is 2. The van der Waals surface area contributed by atoms with Crippen LogP contribution in [-0.2, 0) is 11.4 Å². The maximum absolute atomic E-state index is 12.6. The molecule has 0 unspecified atom stereocenters. The van der Waals surface area contributed by atoms with Crippen LogP contribution in [0, 0.1) is 0 Å². The van der Waals surface area contributed by atoms with Crippen LogP contribution >= 0.6 is 11.3 Å². The van der Waals surface area contributed by atoms with E-state index in [9.17, 15) is 9.59 Å². The number of ether oxygens (including phenoxy) is 3. The van der Waals surface area contributed by atoms with Gasteiger partial charge in [-0.1, -0.05) is 0 Å². The highest BCUT2D eigenvalue weighted by Crippen LogP contribution is 2.29. The zero-order chi connectivity index (χ0) is 21.3. The van der Waals surface area contributed by atoms with Gasteiger partial charge < -0.3 is 25.3 Å². The number of thiazole rings is 1. The van der Waals surface area contributed by atoms with Crippen molar-refractivity contribution in [2.75, 3.05) is 19.0 Å². The predicted octanol–water partition coefficient (Wildman–Crippen LogP) is 3.24. The Morgan fingerprint density at radius 1 is 1.10 bits per heavy atom. The number of nitrogens with zero attached hydrogens (tertiary/aromatic N) is 1. The molecule has 0 bridgehead atoms. The Morgan fingerprint density at radius 2 is 1.90 bits per heavy atom. The summed E-state index contributed by atoms with van der Waals surface area (Å²) in [6, 6.07) is 11.8. The second kappa shape index (κ2) is 10.3. The minimum atomic E-state index is -0.422. The molecule has 156 valence electrons. The van der Waals surface area contributed by atoms with Crippen LogP contribution in [-0.4, -0.2) is 30.5 Å². The summed E-state index contributed by atoms with van der Waals surface area (Å²) < 4.78 is 16.5. The van der Waals surface area contributed by atoms with Crippen molar-refractivity contribution >= 4 is 28.8 Å². The van der Waals surface area contributed by atoms with E-state index < -0.39 is 5.91 Å². The first-order valence-electron chi connectivity index (χ1n) is 9.05. The number of benzene rings is 2. The molecule has 0 aliphatic rings. The summed E-state index contributed by atoms with van der Waals surface area (Å²) in [4.78, 5) is 27.5. The normalized spacial score (nSPS) is 10.3. The molecular formula is C21H21N3O5S. The lowest BCUT2D eigenvalue weighted by atomic mass is 10.1. The minimum Gasteiger partial charge on any atom is -0.493 e. The first kappa shape index (κ1) is 21.1. The Kier molecular flexibility index (Phi) is 7.23. The summed E-state index contributed by atoms with van der Waals surface area (Å²) in [6.45, 7) is 0.525. The fourth-order valence-electron chi connectivity index (χ4n) is 2.50. The van der Waals surface area contributed by atoms with Gasteiger partial charge in [0.1, 0.15) is 12.4 Å². The van der Waals surface area contributed by atoms with E-state index in [1.165, 1.54) is 18.4 Å². The van der Waals surface area contributed by atoms with E-state index in [2.05, 4.69) is 10.3 Å². The van der Waals surface area contributed by atoms with E-state index in [0.29, 0.717) is 35.1 Å². The van der Waals surface area contributed by atoms with Gasteiger partial charge in [0.15, 0.2) is 11.5 Å². The average molecular weight is 427 g/mol. The van der Waals surface area contributed by atoms with Crippen LogP contribution in [0.1, 0.15) is 22.5 Å². The Balaban J connectivity index is 1.59. The second-order valence-electron chi connectivity index (χ2n) is 6.18. The zero-order valence-corrected chi connectivity index (χ0v) is 17.1. The maximum atomic E-state index is 12.6. The quantitative estimate of drug-likeness (QED) is 0.514. The highest BCUT2D eigenvalue weighted by molar-refractivity contribution is 7.07. The highest BCUT2D eigenvalue weighted by Gasteiger charge is 2.12. The van der Waals surface area contributed by atoms with Gasteiger partial charge in [0.05, 0.1) is 31.3 Å². The van der Waals surface area contributed by atoms with Gasteiger partial charge in [-0.2, -0.15) is 0 Å². The van der Waals surface area contributed by atoms with Gasteiger partial charge in [-0.3, -0.25) is 9.59 Å². The number of rotatable bonds is 10. The number of hydrogen-bond donors (Lipinski definition) is 2. The number of hydrogen-bond acceptors (Lipinski definition) is 7. The van der Waals surface area contributed by atoms with Crippen LogP contribution < -0.4 is 25.3 Å². The third-order valence-electron chi connectivity index (χ3n) is 4.01. The Labute approximate surface area is 177 Å². The van der Waals surface area contributed by atoms with Crippen molar-refractivity contribution in [2.24, 2.45) is 5.73 Å². The van der Waals surface area contributed by atoms with Crippen LogP contribution in [0.25, 0.3) is 0 Å². The van der Waals surface area contributed by atoms with E-state index >= 15 is 0 Å². The molecule has 0 radical (unpaired) electrons. The first-order chi connectivity index (χ1) is 14.5. The number of nitrogens with two attached hydrogens (primary N) is 1. The summed E-state index contributed by atoms with van der Waals surface area (Å²) in [7, 11) is 1.52. The van der Waals surface area contributed by atoms with E-state index in [1.54, 1.807) is 48.0 Å². The third kappa shape index (κ3) is 5.95. The molecule has 2 amide bonds. The van der Waals surface area contributed by atoms with Gasteiger partial charge in [-0.05, 0) is 42.5 Å². The summed E-state index contributed by atoms with van der Waals surface area (Å²) in [5.41, 5.74) is 8.67. The van der Waals surface area contributed by atoms with Gasteiger partial charge >= 0.3 is 0 Å². The van der Waals surface area contributed by atoms with Crippen molar-refractivity contribution < 1.29 is 23.8 Å². The Hall–Kier alpha value is -3.59. The molecule has 9 heteroatoms. The average Bonchev–Trinajstić information content (AvgIpc) is 3.26. The number of amides is 2. The lowest BCUT2D eigenvalue weighted by Crippen LogP contribution is -2.14. The lowest BCUT2D eigenvalue weighted by Gasteiger charge is -2.12. The molecule has 3 aromatic rings. The predicted molar refractivity (Wildman–Crippen MR) is 113 cm³/mol. The monoisotopic (exact) mass is 427 g/mol. The Morgan fingerprint density at radius 3 is 2.57 bits per heavy atom. The van der Waals surface area contributed by atoms with Crippen molar-refractivity contribution in [3.63, 3.8) is 0 Å². The number of methoxy groups -OCH3 is 1. The summed E-state index contributed by atoms with van der Waals surface area (Å²) in [5, 5.41) is 4.72. The largest absolute Gasteiger partial charge is 0.493 e. The van der Waals surface area contributed by atoms with Crippen LogP contribution in [0.3, 0.4) is 0 Å². The van der Waals surface area contributed by atoms with Crippen LogP contribution in [0.5, 0.6) is 17.2 Å². The van der Waals surface area contributed by atoms with Gasteiger partial charge in [0.2, 0.25) is 5.91 Å². The molecule has 0 atom stereocenters. The topological polar surface area (TPSA) is 113 Å². The lowest BCUT2D eigenvalue weighted by molar-refractivity contribution is -0.118. The van der Waals surface area contributed by atoms with E-state index in [1.807, 2.05) is 5.38 Å². The number of aromatic nitrogens is 1. The fraction of sp³-hybridized carbons (Fsp3) is 0.190. The van der Waals surface area contributed by atoms with Crippen LogP contribution in [0.2, 0.25) is 0 Å². The summed E-state index contributed by atoms with van der Waals surface area (Å²) >= 11 is 1.50. The maximum Gasteiger partial charge on any atom is 0.255 e. The molecule has 0 spiro atoms. The standard InChI is InChI=1S/C21H21N3O5S/c1-27-19-10-14(2-7-18(19)29-11-16-12-30-13-23-16)21(26)24-15-3-5-17(6-4-15)28-9-8-20(22)25/h2-7,10,12-13H,8-9,11H2,1H3,(H2,22,25)(H,24,26). The van der Waals surface area contributed by atoms with E-state index in [4.69, 9.17) is 19.9 Å². The molecule has 3 N–H and O–H groups in total. The minimum absolute atomic E-state index is 0.143. The number of anilines is 1. The zero-order valence-electron chi connectivity index (χ0n) is 16.3. The molecule has 30 heavy (non-hydrogen) atoms. The molecule has 2 aromatic carbocycles. The molecule has 0 saturated carbocycles. The van der Waals surface area contributed by atoms with E-state index in [0.717, 1.165) is 5.69 Å². The molecule has 1 heterocycles. The molecule has 8 nitrogen and oxygen atoms in total. The number of nitrogens with one attached hydrogen (secondary N) is 1. The molecule has 3 rings (SSSR count). The SMILES string of the molecule is COc1cc(C(=O)Nc2ccc(OCCC(N)=O)cc2)ccc1OCc1cscn1. The third-order valence-corrected chi connectivity index (χ3v) is 4.65. The molecule has 0 aliphatic carbocycles. The van der Waals surface area contributed by atoms with Crippen LogP contribution in [0.15, 0.2) is 53.4 Å². The van der Waals surface area contributed by atoms with Crippen molar-refractivity contribution in [2.45, 2.75) is 13.0 Å². The van der Waals surface area contributed by atoms with Gasteiger partial charge in [0.25, 0.3) is 5.91 Å². The molecular weight excluding hydrogens is 406 g/mol. The van der Waals surface area contributed by atoms with Crippen molar-refractivity contribution in [1.82, 2.24) is 4.98 Å². The van der Waals surface area contributed by atoms with Gasteiger partial charge in [-0.15, -0.1) is 11.3 Å². The van der Waals surface area contributed by atoms with E-state index in [-0.39, 0.29) is 18.9 Å². The summed E-state index contributed by atoms with van der Waals surface area (Å²) in [5.74, 6) is 0.851. The molecule has 0 aliphatic heterocycles. The van der Waals surface area contributed by atoms with Crippen molar-refractivity contribution in [1.29, 1.82) is 0 Å². The number of carbonyl (C=O) groups is 2. The molecule has 0 fully saturated rings. The second-order valence-corrected chi connectivity index (χ2v) is 6.90. The fourth-order valence-corrected chi connectivity index (χ4v) is 3.04. The number of primary amides is 1. The van der Waals surface area contributed by atoms with Gasteiger partial charge in [-0.25, -0.2) is 4.98 Å². The molecule has 1 aromatic heterocycles. The van der Waals surface area contributed by atoms with Crippen molar-refractivity contribution in [3.05, 3.63) is 64.6 Å². The summed E-state index contributed by atoms with van der Waals surface area (Å²) in [6.07, 6.45) is 0.143. The smallest absolute Gasteiger partial charge is 0.255 e. The van der Waals surface area contributed by atoms with Crippen molar-refractivity contribution in [3.8, 4) is 17.2 Å². The molecule has 0 saturated heterocycles. The Bertz CT molecular complexity index is 990. The van der Waals surface area contributed by atoms with Crippen LogP contribution in [0.4, 0.5) is 5.69 Å². The highest BCUT2D eigenvalue weighted by atomic mass is 32.1. The van der Waals surface area contributed by atoms with Gasteiger partial charge in [0, 0.05) is 16.6 Å².